The van der Waals surface area contributed by atoms with Gasteiger partial charge in [-0.25, -0.2) is 0 Å². The number of hydrogen-bond donors (Lipinski definition) is 2. The number of hydrogen-bond acceptors (Lipinski definition) is 5. The van der Waals surface area contributed by atoms with Gasteiger partial charge in [-0.2, -0.15) is 0 Å². The number of H-pyrrole nitrogens is 1. The highest BCUT2D eigenvalue weighted by Crippen LogP contribution is 2.31. The minimum absolute atomic E-state index is 0.0675. The lowest BCUT2D eigenvalue weighted by Crippen LogP contribution is -2.32. The summed E-state index contributed by atoms with van der Waals surface area (Å²) in [6.07, 6.45) is 2.32. The lowest BCUT2D eigenvalue weighted by Gasteiger charge is -2.22. The Morgan fingerprint density at radius 3 is 2.69 bits per heavy atom. The fourth-order valence-corrected chi connectivity index (χ4v) is 3.55. The van der Waals surface area contributed by atoms with Crippen LogP contribution in [0, 0.1) is 0 Å². The third kappa shape index (κ3) is 3.85. The van der Waals surface area contributed by atoms with Crippen molar-refractivity contribution in [1.29, 1.82) is 0 Å². The van der Waals surface area contributed by atoms with Crippen molar-refractivity contribution in [1.82, 2.24) is 10.3 Å². The van der Waals surface area contributed by atoms with E-state index in [4.69, 9.17) is 9.15 Å². The molecule has 1 unspecified atom stereocenters. The van der Waals surface area contributed by atoms with E-state index >= 15 is 0 Å². The van der Waals surface area contributed by atoms with Crippen LogP contribution in [0.3, 0.4) is 0 Å². The van der Waals surface area contributed by atoms with Crippen LogP contribution in [0.5, 0.6) is 5.75 Å². The van der Waals surface area contributed by atoms with Crippen molar-refractivity contribution in [2.45, 2.75) is 25.3 Å². The Labute approximate surface area is 166 Å². The van der Waals surface area contributed by atoms with E-state index < -0.39 is 11.5 Å². The number of pyridine rings is 1. The summed E-state index contributed by atoms with van der Waals surface area (Å²) in [6, 6.07) is 12.2. The molecule has 0 radical (unpaired) electrons. The number of aromatic amines is 1. The minimum atomic E-state index is -0.522. The predicted octanol–water partition coefficient (Wildman–Crippen LogP) is 2.82. The summed E-state index contributed by atoms with van der Waals surface area (Å²) in [6.45, 7) is 0.258. The fourth-order valence-electron chi connectivity index (χ4n) is 3.55. The zero-order chi connectivity index (χ0) is 20.4. The molecule has 1 aliphatic rings. The first-order valence-electron chi connectivity index (χ1n) is 9.29. The van der Waals surface area contributed by atoms with Crippen molar-refractivity contribution in [3.05, 3.63) is 87.2 Å². The minimum Gasteiger partial charge on any atom is -0.497 e. The van der Waals surface area contributed by atoms with Gasteiger partial charge in [-0.05, 0) is 42.3 Å². The quantitative estimate of drug-likeness (QED) is 0.695. The maximum absolute atomic E-state index is 12.6. The van der Waals surface area contributed by atoms with Gasteiger partial charge in [0.15, 0.2) is 5.78 Å². The summed E-state index contributed by atoms with van der Waals surface area (Å²) < 4.78 is 10.5. The standard InChI is InChI=1S/C22H20N2O5/c1-28-15-6-4-13(5-7-15)12-23-21(26)17-11-16-18(24-22(17)27)9-14(10-19(16)25)20-3-2-8-29-20/h2-8,11,14H,9-10,12H2,1H3,(H,23,26)(H,24,27). The van der Waals surface area contributed by atoms with Crippen LogP contribution < -0.4 is 15.6 Å². The molecule has 1 atom stereocenters. The summed E-state index contributed by atoms with van der Waals surface area (Å²) in [5, 5.41) is 2.72. The Morgan fingerprint density at radius 2 is 2.00 bits per heavy atom. The van der Waals surface area contributed by atoms with Gasteiger partial charge in [0.05, 0.1) is 13.4 Å². The zero-order valence-electron chi connectivity index (χ0n) is 15.9. The van der Waals surface area contributed by atoms with Gasteiger partial charge < -0.3 is 19.5 Å². The number of ether oxygens (including phenoxy) is 1. The Kier molecular flexibility index (Phi) is 5.03. The van der Waals surface area contributed by atoms with Gasteiger partial charge in [-0.15, -0.1) is 0 Å². The number of carbonyl (C=O) groups is 2. The summed E-state index contributed by atoms with van der Waals surface area (Å²) in [7, 11) is 1.58. The second-order valence-electron chi connectivity index (χ2n) is 6.98. The van der Waals surface area contributed by atoms with Gasteiger partial charge in [0.1, 0.15) is 17.1 Å². The molecule has 29 heavy (non-hydrogen) atoms. The van der Waals surface area contributed by atoms with Crippen LogP contribution in [0.25, 0.3) is 0 Å². The topological polar surface area (TPSA) is 101 Å². The highest BCUT2D eigenvalue weighted by Gasteiger charge is 2.30. The monoisotopic (exact) mass is 392 g/mol. The molecule has 2 heterocycles. The summed E-state index contributed by atoms with van der Waals surface area (Å²) >= 11 is 0. The van der Waals surface area contributed by atoms with Crippen molar-refractivity contribution in [2.75, 3.05) is 7.11 Å². The molecule has 7 nitrogen and oxygen atoms in total. The van der Waals surface area contributed by atoms with E-state index in [1.807, 2.05) is 18.2 Å². The molecule has 0 aliphatic heterocycles. The number of Topliss-reactive ketones (excluding diaryl/α,β-unsaturated/α-hetero) is 1. The molecule has 0 saturated heterocycles. The van der Waals surface area contributed by atoms with Crippen LogP contribution in [-0.4, -0.2) is 23.8 Å². The number of methoxy groups -OCH3 is 1. The van der Waals surface area contributed by atoms with Gasteiger partial charge in [0.25, 0.3) is 11.5 Å². The van der Waals surface area contributed by atoms with E-state index in [-0.39, 0.29) is 30.2 Å². The van der Waals surface area contributed by atoms with Crippen molar-refractivity contribution >= 4 is 11.7 Å². The van der Waals surface area contributed by atoms with Gasteiger partial charge >= 0.3 is 0 Å². The first-order valence-corrected chi connectivity index (χ1v) is 9.29. The zero-order valence-corrected chi connectivity index (χ0v) is 15.9. The van der Waals surface area contributed by atoms with Gasteiger partial charge in [-0.3, -0.25) is 14.4 Å². The molecule has 0 spiro atoms. The van der Waals surface area contributed by atoms with Crippen molar-refractivity contribution in [3.63, 3.8) is 0 Å². The highest BCUT2D eigenvalue weighted by molar-refractivity contribution is 6.02. The SMILES string of the molecule is COc1ccc(CNC(=O)c2cc3c([nH]c2=O)CC(c2ccco2)CC3=O)cc1. The molecule has 1 aliphatic carbocycles. The first-order chi connectivity index (χ1) is 14.0. The number of aromatic nitrogens is 1. The van der Waals surface area contributed by atoms with Crippen molar-refractivity contribution < 1.29 is 18.7 Å². The van der Waals surface area contributed by atoms with Crippen LogP contribution >= 0.6 is 0 Å². The Bertz CT molecular complexity index is 1100. The molecule has 7 heteroatoms. The maximum atomic E-state index is 12.6. The maximum Gasteiger partial charge on any atom is 0.261 e. The third-order valence-electron chi connectivity index (χ3n) is 5.11. The fraction of sp³-hybridized carbons (Fsp3) is 0.227. The van der Waals surface area contributed by atoms with Crippen LogP contribution in [0.15, 0.2) is 57.9 Å². The van der Waals surface area contributed by atoms with Gasteiger partial charge in [0.2, 0.25) is 0 Å². The molecule has 3 aromatic rings. The summed E-state index contributed by atoms with van der Waals surface area (Å²) in [5.74, 6) is 0.679. The smallest absolute Gasteiger partial charge is 0.261 e. The van der Waals surface area contributed by atoms with Crippen molar-refractivity contribution in [3.8, 4) is 5.75 Å². The van der Waals surface area contributed by atoms with Gasteiger partial charge in [-0.1, -0.05) is 12.1 Å². The lowest BCUT2D eigenvalue weighted by atomic mass is 9.84. The van der Waals surface area contributed by atoms with Crippen LogP contribution in [-0.2, 0) is 13.0 Å². The summed E-state index contributed by atoms with van der Waals surface area (Å²) in [5.41, 5.74) is 1.22. The molecular formula is C22H20N2O5. The molecule has 1 amide bonds. The number of benzene rings is 1. The molecule has 0 saturated carbocycles. The molecule has 4 rings (SSSR count). The van der Waals surface area contributed by atoms with E-state index in [2.05, 4.69) is 10.3 Å². The number of amides is 1. The Morgan fingerprint density at radius 1 is 1.21 bits per heavy atom. The molecule has 2 N–H and O–H groups in total. The van der Waals surface area contributed by atoms with E-state index in [9.17, 15) is 14.4 Å². The third-order valence-corrected chi connectivity index (χ3v) is 5.11. The predicted molar refractivity (Wildman–Crippen MR) is 105 cm³/mol. The average molecular weight is 392 g/mol. The molecule has 1 aromatic carbocycles. The largest absolute Gasteiger partial charge is 0.497 e. The number of nitrogens with one attached hydrogen (secondary N) is 2. The number of furan rings is 1. The average Bonchev–Trinajstić information content (AvgIpc) is 3.27. The first kappa shape index (κ1) is 18.7. The Balaban J connectivity index is 1.51. The molecule has 0 fully saturated rings. The van der Waals surface area contributed by atoms with Crippen LogP contribution in [0.4, 0.5) is 0 Å². The van der Waals surface area contributed by atoms with Crippen LogP contribution in [0.1, 0.15) is 50.1 Å². The molecule has 0 bridgehead atoms. The number of carbonyl (C=O) groups excluding carboxylic acids is 2. The van der Waals surface area contributed by atoms with Crippen LogP contribution in [0.2, 0.25) is 0 Å². The van der Waals surface area contributed by atoms with Gasteiger partial charge in [0, 0.05) is 30.1 Å². The summed E-state index contributed by atoms with van der Waals surface area (Å²) in [4.78, 5) is 40.3. The molecule has 148 valence electrons. The second-order valence-corrected chi connectivity index (χ2v) is 6.98. The Hall–Kier alpha value is -3.61. The molecular weight excluding hydrogens is 372 g/mol. The highest BCUT2D eigenvalue weighted by atomic mass is 16.5. The van der Waals surface area contributed by atoms with E-state index in [0.717, 1.165) is 11.3 Å². The van der Waals surface area contributed by atoms with E-state index in [0.29, 0.717) is 23.4 Å². The van der Waals surface area contributed by atoms with Crippen molar-refractivity contribution in [2.24, 2.45) is 0 Å². The molecule has 2 aromatic heterocycles. The normalized spacial score (nSPS) is 15.6. The number of fused-ring (bicyclic) bond motifs is 1. The van der Waals surface area contributed by atoms with E-state index in [1.54, 1.807) is 31.6 Å². The number of rotatable bonds is 5. The second kappa shape index (κ2) is 7.79. The number of ketones is 1. The van der Waals surface area contributed by atoms with E-state index in [1.165, 1.54) is 6.07 Å². The lowest BCUT2D eigenvalue weighted by molar-refractivity contribution is 0.0949.